The first kappa shape index (κ1) is 13.9. The highest BCUT2D eigenvalue weighted by Gasteiger charge is 2.16. The Kier molecular flexibility index (Phi) is 4.78. The summed E-state index contributed by atoms with van der Waals surface area (Å²) in [6, 6.07) is 0. The number of hydrogen-bond donors (Lipinski definition) is 1. The maximum Gasteiger partial charge on any atom is 0.291 e. The molecule has 1 aromatic heterocycles. The van der Waals surface area contributed by atoms with Crippen LogP contribution in [0.1, 0.15) is 25.7 Å². The van der Waals surface area contributed by atoms with Crippen LogP contribution in [0.15, 0.2) is 16.1 Å². The first-order valence-corrected chi connectivity index (χ1v) is 7.27. The highest BCUT2D eigenvalue weighted by atomic mass is 32.2. The highest BCUT2D eigenvalue weighted by molar-refractivity contribution is 7.99. The van der Waals surface area contributed by atoms with Gasteiger partial charge in [0.2, 0.25) is 11.1 Å². The summed E-state index contributed by atoms with van der Waals surface area (Å²) in [6.45, 7) is 1.63. The number of nitrogen functional groups attached to an aromatic ring is 1. The summed E-state index contributed by atoms with van der Waals surface area (Å²) in [6.07, 6.45) is 5.53. The fourth-order valence-electron chi connectivity index (χ4n) is 1.97. The third-order valence-corrected chi connectivity index (χ3v) is 3.97. The molecule has 1 fully saturated rings. The molecule has 1 aromatic rings. The predicted molar refractivity (Wildman–Crippen MR) is 72.2 cm³/mol. The molecule has 7 nitrogen and oxygen atoms in total. The lowest BCUT2D eigenvalue weighted by Gasteiger charge is -2.19. The van der Waals surface area contributed by atoms with Gasteiger partial charge in [-0.2, -0.15) is 9.77 Å². The number of nitrogens with zero attached hydrogens (tertiary/aromatic N) is 4. The molecule has 1 saturated heterocycles. The van der Waals surface area contributed by atoms with Crippen LogP contribution in [0.5, 0.6) is 0 Å². The third kappa shape index (κ3) is 3.69. The molecule has 0 atom stereocenters. The van der Waals surface area contributed by atoms with Crippen LogP contribution < -0.4 is 11.4 Å². The van der Waals surface area contributed by atoms with Gasteiger partial charge in [0.1, 0.15) is 6.20 Å². The van der Waals surface area contributed by atoms with Crippen molar-refractivity contribution in [3.8, 4) is 0 Å². The van der Waals surface area contributed by atoms with Gasteiger partial charge in [-0.1, -0.05) is 24.6 Å². The van der Waals surface area contributed by atoms with Crippen LogP contribution in [0.3, 0.4) is 0 Å². The van der Waals surface area contributed by atoms with Gasteiger partial charge in [-0.15, -0.1) is 5.10 Å². The first-order chi connectivity index (χ1) is 9.18. The number of aromatic nitrogens is 3. The van der Waals surface area contributed by atoms with E-state index < -0.39 is 5.56 Å². The van der Waals surface area contributed by atoms with Crippen LogP contribution in [0.25, 0.3) is 0 Å². The quantitative estimate of drug-likeness (QED) is 0.612. The van der Waals surface area contributed by atoms with E-state index in [1.807, 2.05) is 4.90 Å². The Hall–Kier alpha value is -1.57. The Labute approximate surface area is 115 Å². The molecule has 0 radical (unpaired) electrons. The van der Waals surface area contributed by atoms with Crippen molar-refractivity contribution in [2.75, 3.05) is 24.7 Å². The van der Waals surface area contributed by atoms with Crippen molar-refractivity contribution in [2.24, 2.45) is 0 Å². The van der Waals surface area contributed by atoms with E-state index in [9.17, 15) is 9.59 Å². The van der Waals surface area contributed by atoms with E-state index in [-0.39, 0.29) is 16.8 Å². The topological polar surface area (TPSA) is 94.1 Å². The minimum Gasteiger partial charge on any atom is -0.342 e. The number of hydrogen-bond acceptors (Lipinski definition) is 6. The Morgan fingerprint density at radius 2 is 2.00 bits per heavy atom. The zero-order chi connectivity index (χ0) is 13.7. The number of rotatable bonds is 3. The van der Waals surface area contributed by atoms with Gasteiger partial charge in [-0.25, -0.2) is 0 Å². The minimum atomic E-state index is -0.431. The molecule has 0 spiro atoms. The summed E-state index contributed by atoms with van der Waals surface area (Å²) in [4.78, 5) is 25.2. The first-order valence-electron chi connectivity index (χ1n) is 6.29. The van der Waals surface area contributed by atoms with Gasteiger partial charge < -0.3 is 10.7 Å². The van der Waals surface area contributed by atoms with Crippen LogP contribution >= 0.6 is 11.8 Å². The van der Waals surface area contributed by atoms with Gasteiger partial charge in [-0.3, -0.25) is 9.59 Å². The maximum atomic E-state index is 12.0. The minimum absolute atomic E-state index is 0.0602. The second kappa shape index (κ2) is 6.55. The van der Waals surface area contributed by atoms with Crippen LogP contribution in [-0.2, 0) is 4.79 Å². The van der Waals surface area contributed by atoms with Crippen molar-refractivity contribution < 1.29 is 4.79 Å². The van der Waals surface area contributed by atoms with E-state index >= 15 is 0 Å². The average molecular weight is 283 g/mol. The second-order valence-electron chi connectivity index (χ2n) is 4.42. The number of thioether (sulfide) groups is 1. The molecule has 104 valence electrons. The smallest absolute Gasteiger partial charge is 0.291 e. The Bertz CT molecular complexity index is 496. The van der Waals surface area contributed by atoms with Gasteiger partial charge in [0.15, 0.2) is 0 Å². The molecule has 2 N–H and O–H groups in total. The standard InChI is InChI=1S/C11H17N5O2S/c12-16-9(17)7-13-14-11(16)19-8-10(18)15-5-3-1-2-4-6-15/h7H,1-6,8,12H2. The lowest BCUT2D eigenvalue weighted by atomic mass is 10.2. The van der Waals surface area contributed by atoms with E-state index in [1.165, 1.54) is 12.8 Å². The summed E-state index contributed by atoms with van der Waals surface area (Å²) in [7, 11) is 0. The normalized spacial score (nSPS) is 16.1. The fraction of sp³-hybridized carbons (Fsp3) is 0.636. The van der Waals surface area contributed by atoms with Gasteiger partial charge in [0.05, 0.1) is 5.75 Å². The van der Waals surface area contributed by atoms with Crippen LogP contribution in [0.2, 0.25) is 0 Å². The van der Waals surface area contributed by atoms with Gasteiger partial charge >= 0.3 is 0 Å². The molecule has 0 saturated carbocycles. The van der Waals surface area contributed by atoms with Crippen molar-refractivity contribution in [2.45, 2.75) is 30.8 Å². The van der Waals surface area contributed by atoms with E-state index in [4.69, 9.17) is 5.84 Å². The van der Waals surface area contributed by atoms with Crippen LogP contribution in [0.4, 0.5) is 0 Å². The summed E-state index contributed by atoms with van der Waals surface area (Å²) in [5.41, 5.74) is -0.431. The van der Waals surface area contributed by atoms with Crippen LogP contribution in [0, 0.1) is 0 Å². The molecule has 19 heavy (non-hydrogen) atoms. The molecule has 0 bridgehead atoms. The summed E-state index contributed by atoms with van der Waals surface area (Å²) >= 11 is 1.14. The lowest BCUT2D eigenvalue weighted by Crippen LogP contribution is -2.34. The van der Waals surface area contributed by atoms with Crippen molar-refractivity contribution in [3.05, 3.63) is 16.6 Å². The summed E-state index contributed by atoms with van der Waals surface area (Å²) < 4.78 is 0.910. The van der Waals surface area contributed by atoms with E-state index in [1.54, 1.807) is 0 Å². The fourth-order valence-corrected chi connectivity index (χ4v) is 2.74. The lowest BCUT2D eigenvalue weighted by molar-refractivity contribution is -0.128. The number of likely N-dealkylation sites (tertiary alicyclic amines) is 1. The van der Waals surface area contributed by atoms with Crippen molar-refractivity contribution in [1.82, 2.24) is 19.8 Å². The molecule has 8 heteroatoms. The summed E-state index contributed by atoms with van der Waals surface area (Å²) in [5, 5.41) is 7.56. The number of carbonyl (C=O) groups is 1. The van der Waals surface area contributed by atoms with Crippen molar-refractivity contribution in [1.29, 1.82) is 0 Å². The van der Waals surface area contributed by atoms with Crippen molar-refractivity contribution in [3.63, 3.8) is 0 Å². The van der Waals surface area contributed by atoms with Gasteiger partial charge in [0, 0.05) is 13.1 Å². The molecular weight excluding hydrogens is 266 g/mol. The van der Waals surface area contributed by atoms with E-state index in [2.05, 4.69) is 10.2 Å². The average Bonchev–Trinajstić information content (AvgIpc) is 2.69. The number of nitrogens with two attached hydrogens (primary N) is 1. The molecule has 0 aliphatic carbocycles. The molecule has 2 rings (SSSR count). The number of carbonyl (C=O) groups excluding carboxylic acids is 1. The van der Waals surface area contributed by atoms with E-state index in [0.717, 1.165) is 48.6 Å². The third-order valence-electron chi connectivity index (χ3n) is 3.04. The molecule has 1 amide bonds. The Balaban J connectivity index is 1.92. The second-order valence-corrected chi connectivity index (χ2v) is 5.36. The van der Waals surface area contributed by atoms with E-state index in [0.29, 0.717) is 0 Å². The maximum absolute atomic E-state index is 12.0. The van der Waals surface area contributed by atoms with Gasteiger partial charge in [0.25, 0.3) is 5.56 Å². The Morgan fingerprint density at radius 1 is 1.32 bits per heavy atom. The number of amides is 1. The molecule has 2 heterocycles. The highest BCUT2D eigenvalue weighted by Crippen LogP contribution is 2.15. The van der Waals surface area contributed by atoms with Crippen molar-refractivity contribution >= 4 is 17.7 Å². The Morgan fingerprint density at radius 3 is 2.68 bits per heavy atom. The molecular formula is C11H17N5O2S. The van der Waals surface area contributed by atoms with Gasteiger partial charge in [-0.05, 0) is 12.8 Å². The molecule has 0 unspecified atom stereocenters. The monoisotopic (exact) mass is 283 g/mol. The largest absolute Gasteiger partial charge is 0.342 e. The molecule has 1 aliphatic heterocycles. The van der Waals surface area contributed by atoms with Crippen LogP contribution in [-0.4, -0.2) is 44.5 Å². The molecule has 1 aliphatic rings. The SMILES string of the molecule is Nn1c(SCC(=O)N2CCCCCC2)nncc1=O. The molecule has 0 aromatic carbocycles. The zero-order valence-corrected chi connectivity index (χ0v) is 11.4. The summed E-state index contributed by atoms with van der Waals surface area (Å²) in [5.74, 6) is 5.82. The zero-order valence-electron chi connectivity index (χ0n) is 10.6. The predicted octanol–water partition coefficient (Wildman–Crippen LogP) is -0.153.